The van der Waals surface area contributed by atoms with Gasteiger partial charge in [0.2, 0.25) is 0 Å². The van der Waals surface area contributed by atoms with Gasteiger partial charge in [-0.15, -0.1) is 0 Å². The van der Waals surface area contributed by atoms with Gasteiger partial charge in [0.1, 0.15) is 11.5 Å². The molecule has 0 N–H and O–H groups in total. The van der Waals surface area contributed by atoms with E-state index in [-0.39, 0.29) is 0 Å². The Morgan fingerprint density at radius 2 is 1.13 bits per heavy atom. The zero-order chi connectivity index (χ0) is 16.3. The van der Waals surface area contributed by atoms with Crippen LogP contribution in [0, 0.1) is 0 Å². The summed E-state index contributed by atoms with van der Waals surface area (Å²) >= 11 is 0. The Bertz CT molecular complexity index is 602. The number of para-hydroxylation sites is 2. The molecule has 0 heterocycles. The van der Waals surface area contributed by atoms with E-state index in [0.717, 1.165) is 22.6 Å². The molecule has 120 valence electrons. The van der Waals surface area contributed by atoms with E-state index in [9.17, 15) is 0 Å². The zero-order valence-corrected chi connectivity index (χ0v) is 13.6. The van der Waals surface area contributed by atoms with Gasteiger partial charge in [0.05, 0.1) is 27.4 Å². The molecule has 3 nitrogen and oxygen atoms in total. The van der Waals surface area contributed by atoms with Crippen LogP contribution in [0.1, 0.15) is 11.1 Å². The van der Waals surface area contributed by atoms with Gasteiger partial charge < -0.3 is 14.2 Å². The van der Waals surface area contributed by atoms with Gasteiger partial charge in [0, 0.05) is 11.1 Å². The molecule has 2 aromatic rings. The van der Waals surface area contributed by atoms with E-state index >= 15 is 0 Å². The first-order chi connectivity index (χ1) is 11.3. The molecule has 0 bridgehead atoms. The molecule has 0 aliphatic rings. The van der Waals surface area contributed by atoms with Crippen molar-refractivity contribution in [2.75, 3.05) is 27.4 Å². The van der Waals surface area contributed by atoms with Crippen molar-refractivity contribution in [3.8, 4) is 11.5 Å². The average molecular weight is 310 g/mol. The molecular formula is C20H22O3. The molecule has 2 rings (SSSR count). The Morgan fingerprint density at radius 1 is 0.696 bits per heavy atom. The van der Waals surface area contributed by atoms with E-state index in [1.54, 1.807) is 14.2 Å². The lowest BCUT2D eigenvalue weighted by atomic mass is 10.2. The summed E-state index contributed by atoms with van der Waals surface area (Å²) in [6.45, 7) is 1.10. The smallest absolute Gasteiger partial charge is 0.126 e. The van der Waals surface area contributed by atoms with Crippen LogP contribution in [0.4, 0.5) is 0 Å². The molecule has 0 spiro atoms. The Morgan fingerprint density at radius 3 is 1.57 bits per heavy atom. The summed E-state index contributed by atoms with van der Waals surface area (Å²) in [6, 6.07) is 15.8. The maximum atomic E-state index is 5.57. The lowest BCUT2D eigenvalue weighted by Gasteiger charge is -2.04. The van der Waals surface area contributed by atoms with Gasteiger partial charge in [-0.05, 0) is 12.1 Å². The molecule has 23 heavy (non-hydrogen) atoms. The number of ether oxygens (including phenoxy) is 3. The van der Waals surface area contributed by atoms with Crippen molar-refractivity contribution in [2.45, 2.75) is 0 Å². The Hall–Kier alpha value is -2.52. The minimum atomic E-state index is 0.550. The fourth-order valence-corrected chi connectivity index (χ4v) is 2.16. The Kier molecular flexibility index (Phi) is 6.95. The summed E-state index contributed by atoms with van der Waals surface area (Å²) in [6.07, 6.45) is 7.97. The maximum absolute atomic E-state index is 5.57. The van der Waals surface area contributed by atoms with Crippen molar-refractivity contribution < 1.29 is 14.2 Å². The quantitative estimate of drug-likeness (QED) is 0.674. The van der Waals surface area contributed by atoms with Crippen LogP contribution in [0.25, 0.3) is 12.2 Å². The zero-order valence-electron chi connectivity index (χ0n) is 13.6. The van der Waals surface area contributed by atoms with E-state index in [2.05, 4.69) is 0 Å². The van der Waals surface area contributed by atoms with Crippen LogP contribution < -0.4 is 9.47 Å². The Balaban J connectivity index is 1.77. The molecule has 3 heteroatoms. The van der Waals surface area contributed by atoms with Crippen LogP contribution in [-0.4, -0.2) is 27.4 Å². The van der Waals surface area contributed by atoms with Gasteiger partial charge in [-0.2, -0.15) is 0 Å². The summed E-state index contributed by atoms with van der Waals surface area (Å²) in [7, 11) is 3.34. The van der Waals surface area contributed by atoms with Crippen molar-refractivity contribution in [1.82, 2.24) is 0 Å². The second-order valence-corrected chi connectivity index (χ2v) is 4.83. The van der Waals surface area contributed by atoms with Crippen LogP contribution in [0.5, 0.6) is 11.5 Å². The van der Waals surface area contributed by atoms with Gasteiger partial charge in [-0.3, -0.25) is 0 Å². The third kappa shape index (κ3) is 5.31. The second-order valence-electron chi connectivity index (χ2n) is 4.83. The van der Waals surface area contributed by atoms with Crippen molar-refractivity contribution in [3.63, 3.8) is 0 Å². The van der Waals surface area contributed by atoms with Crippen molar-refractivity contribution in [2.24, 2.45) is 0 Å². The largest absolute Gasteiger partial charge is 0.496 e. The minimum Gasteiger partial charge on any atom is -0.496 e. The van der Waals surface area contributed by atoms with Gasteiger partial charge in [-0.1, -0.05) is 60.7 Å². The highest BCUT2D eigenvalue weighted by Gasteiger charge is 1.96. The summed E-state index contributed by atoms with van der Waals surface area (Å²) in [5.74, 6) is 1.72. The highest BCUT2D eigenvalue weighted by atomic mass is 16.5. The van der Waals surface area contributed by atoms with Crippen LogP contribution in [0.2, 0.25) is 0 Å². The highest BCUT2D eigenvalue weighted by molar-refractivity contribution is 5.57. The standard InChI is InChI=1S/C20H22O3/c1-21-19-13-5-3-9-17(19)11-7-15-23-16-8-12-18-10-4-6-14-20(18)22-2/h3-14H,15-16H2,1-2H3. The molecule has 0 aromatic heterocycles. The molecular weight excluding hydrogens is 288 g/mol. The van der Waals surface area contributed by atoms with Gasteiger partial charge in [0.15, 0.2) is 0 Å². The van der Waals surface area contributed by atoms with Gasteiger partial charge >= 0.3 is 0 Å². The first kappa shape index (κ1) is 16.8. The van der Waals surface area contributed by atoms with Crippen molar-refractivity contribution in [3.05, 3.63) is 71.8 Å². The first-order valence-corrected chi connectivity index (χ1v) is 7.52. The third-order valence-corrected chi connectivity index (χ3v) is 3.30. The molecule has 0 fully saturated rings. The van der Waals surface area contributed by atoms with E-state index < -0.39 is 0 Å². The third-order valence-electron chi connectivity index (χ3n) is 3.30. The molecule has 0 radical (unpaired) electrons. The normalized spacial score (nSPS) is 11.2. The van der Waals surface area contributed by atoms with Crippen molar-refractivity contribution >= 4 is 12.2 Å². The van der Waals surface area contributed by atoms with E-state index in [1.165, 1.54) is 0 Å². The lowest BCUT2D eigenvalue weighted by molar-refractivity contribution is 0.195. The predicted molar refractivity (Wildman–Crippen MR) is 94.9 cm³/mol. The summed E-state index contributed by atoms with van der Waals surface area (Å²) in [5.41, 5.74) is 2.09. The molecule has 2 aromatic carbocycles. The van der Waals surface area contributed by atoms with Crippen LogP contribution in [0.15, 0.2) is 60.7 Å². The topological polar surface area (TPSA) is 27.7 Å². The molecule has 0 unspecified atom stereocenters. The highest BCUT2D eigenvalue weighted by Crippen LogP contribution is 2.19. The van der Waals surface area contributed by atoms with E-state index in [4.69, 9.17) is 14.2 Å². The molecule has 0 amide bonds. The molecule has 0 saturated carbocycles. The SMILES string of the molecule is COc1ccccc1C=CCOCC=Cc1ccccc1OC. The number of hydrogen-bond donors (Lipinski definition) is 0. The number of hydrogen-bond acceptors (Lipinski definition) is 3. The van der Waals surface area contributed by atoms with Crippen LogP contribution >= 0.6 is 0 Å². The molecule has 0 saturated heterocycles. The minimum absolute atomic E-state index is 0.550. The second kappa shape index (κ2) is 9.49. The fraction of sp³-hybridized carbons (Fsp3) is 0.200. The van der Waals surface area contributed by atoms with Crippen molar-refractivity contribution in [1.29, 1.82) is 0 Å². The maximum Gasteiger partial charge on any atom is 0.126 e. The van der Waals surface area contributed by atoms with E-state index in [1.807, 2.05) is 72.8 Å². The van der Waals surface area contributed by atoms with Crippen LogP contribution in [0.3, 0.4) is 0 Å². The Labute approximate surface area is 137 Å². The molecule has 0 aliphatic heterocycles. The van der Waals surface area contributed by atoms with E-state index in [0.29, 0.717) is 13.2 Å². The number of benzene rings is 2. The van der Waals surface area contributed by atoms with Crippen LogP contribution in [-0.2, 0) is 4.74 Å². The number of rotatable bonds is 8. The predicted octanol–water partition coefficient (Wildman–Crippen LogP) is 4.45. The monoisotopic (exact) mass is 310 g/mol. The molecule has 0 aliphatic carbocycles. The first-order valence-electron chi connectivity index (χ1n) is 7.52. The summed E-state index contributed by atoms with van der Waals surface area (Å²) < 4.78 is 16.2. The lowest BCUT2D eigenvalue weighted by Crippen LogP contribution is -1.91. The summed E-state index contributed by atoms with van der Waals surface area (Å²) in [4.78, 5) is 0. The van der Waals surface area contributed by atoms with Gasteiger partial charge in [0.25, 0.3) is 0 Å². The summed E-state index contributed by atoms with van der Waals surface area (Å²) in [5, 5.41) is 0. The molecule has 0 atom stereocenters. The fourth-order valence-electron chi connectivity index (χ4n) is 2.16. The van der Waals surface area contributed by atoms with Gasteiger partial charge in [-0.25, -0.2) is 0 Å². The number of methoxy groups -OCH3 is 2. The average Bonchev–Trinajstić information content (AvgIpc) is 2.61.